The number of nitrogen functional groups attached to an aromatic ring is 1. The van der Waals surface area contributed by atoms with E-state index in [1.807, 2.05) is 0 Å². The zero-order valence-electron chi connectivity index (χ0n) is 10.8. The molecule has 7 heteroatoms. The average molecular weight is 284 g/mol. The standard InChI is InChI=1S/C12H14ClN3O3/c1-16-12(14)7(5-15-16)6-4-8(18-2)11(19-3)9(13)10(6)17/h4-5,17H,14H2,1-3H3. The fourth-order valence-corrected chi connectivity index (χ4v) is 2.07. The van der Waals surface area contributed by atoms with Gasteiger partial charge in [-0.15, -0.1) is 0 Å². The lowest BCUT2D eigenvalue weighted by molar-refractivity contribution is 0.352. The van der Waals surface area contributed by atoms with Crippen LogP contribution in [0.1, 0.15) is 0 Å². The SMILES string of the molecule is COc1cc(-c2cnn(C)c2N)c(O)c(Cl)c1OC. The van der Waals surface area contributed by atoms with Crippen LogP contribution in [-0.4, -0.2) is 29.1 Å². The fourth-order valence-electron chi connectivity index (χ4n) is 1.80. The molecule has 2 aromatic rings. The molecule has 0 unspecified atom stereocenters. The number of aromatic nitrogens is 2. The second-order valence-electron chi connectivity index (χ2n) is 3.89. The van der Waals surface area contributed by atoms with Crippen LogP contribution in [0.3, 0.4) is 0 Å². The normalized spacial score (nSPS) is 10.5. The Labute approximate surface area is 115 Å². The predicted molar refractivity (Wildman–Crippen MR) is 72.8 cm³/mol. The molecule has 0 amide bonds. The van der Waals surface area contributed by atoms with E-state index < -0.39 is 0 Å². The van der Waals surface area contributed by atoms with E-state index in [-0.39, 0.29) is 16.5 Å². The van der Waals surface area contributed by atoms with Crippen molar-refractivity contribution in [2.45, 2.75) is 0 Å². The number of aromatic hydroxyl groups is 1. The molecule has 1 heterocycles. The Kier molecular flexibility index (Phi) is 3.44. The maximum Gasteiger partial charge on any atom is 0.183 e. The van der Waals surface area contributed by atoms with Crippen LogP contribution in [0.4, 0.5) is 5.82 Å². The zero-order chi connectivity index (χ0) is 14.2. The Morgan fingerprint density at radius 2 is 2.00 bits per heavy atom. The molecule has 0 spiro atoms. The Morgan fingerprint density at radius 3 is 2.47 bits per heavy atom. The molecule has 0 saturated carbocycles. The van der Waals surface area contributed by atoms with E-state index in [4.69, 9.17) is 26.8 Å². The lowest BCUT2D eigenvalue weighted by Crippen LogP contribution is -1.98. The molecular weight excluding hydrogens is 270 g/mol. The van der Waals surface area contributed by atoms with Crippen molar-refractivity contribution >= 4 is 17.4 Å². The topological polar surface area (TPSA) is 82.5 Å². The number of methoxy groups -OCH3 is 2. The summed E-state index contributed by atoms with van der Waals surface area (Å²) in [7, 11) is 4.64. The van der Waals surface area contributed by atoms with Gasteiger partial charge < -0.3 is 20.3 Å². The smallest absolute Gasteiger partial charge is 0.183 e. The van der Waals surface area contributed by atoms with Crippen LogP contribution in [0.2, 0.25) is 5.02 Å². The monoisotopic (exact) mass is 283 g/mol. The number of rotatable bonds is 3. The Hall–Kier alpha value is -2.08. The summed E-state index contributed by atoms with van der Waals surface area (Å²) in [5, 5.41) is 14.3. The highest BCUT2D eigenvalue weighted by Gasteiger charge is 2.21. The lowest BCUT2D eigenvalue weighted by Gasteiger charge is -2.13. The van der Waals surface area contributed by atoms with E-state index in [0.717, 1.165) is 0 Å². The van der Waals surface area contributed by atoms with Gasteiger partial charge in [0.25, 0.3) is 0 Å². The molecule has 102 valence electrons. The molecule has 0 saturated heterocycles. The first-order valence-electron chi connectivity index (χ1n) is 5.42. The van der Waals surface area contributed by atoms with Crippen molar-refractivity contribution in [3.63, 3.8) is 0 Å². The molecule has 0 bridgehead atoms. The van der Waals surface area contributed by atoms with Crippen LogP contribution < -0.4 is 15.2 Å². The highest BCUT2D eigenvalue weighted by Crippen LogP contribution is 2.47. The first kappa shape index (κ1) is 13.4. The van der Waals surface area contributed by atoms with Gasteiger partial charge in [-0.05, 0) is 6.07 Å². The summed E-state index contributed by atoms with van der Waals surface area (Å²) >= 11 is 6.07. The minimum Gasteiger partial charge on any atom is -0.506 e. The zero-order valence-corrected chi connectivity index (χ0v) is 11.5. The molecule has 3 N–H and O–H groups in total. The van der Waals surface area contributed by atoms with Crippen molar-refractivity contribution in [3.8, 4) is 28.4 Å². The van der Waals surface area contributed by atoms with E-state index in [9.17, 15) is 5.11 Å². The molecule has 0 fully saturated rings. The van der Waals surface area contributed by atoms with E-state index in [2.05, 4.69) is 5.10 Å². The number of ether oxygens (including phenoxy) is 2. The van der Waals surface area contributed by atoms with Crippen molar-refractivity contribution in [3.05, 3.63) is 17.3 Å². The van der Waals surface area contributed by atoms with Gasteiger partial charge in [-0.3, -0.25) is 4.68 Å². The predicted octanol–water partition coefficient (Wildman–Crippen LogP) is 2.05. The summed E-state index contributed by atoms with van der Waals surface area (Å²) in [6, 6.07) is 1.60. The summed E-state index contributed by atoms with van der Waals surface area (Å²) in [6.07, 6.45) is 1.55. The molecule has 1 aromatic heterocycles. The van der Waals surface area contributed by atoms with E-state index in [0.29, 0.717) is 22.7 Å². The third-order valence-electron chi connectivity index (χ3n) is 2.86. The van der Waals surface area contributed by atoms with Crippen molar-refractivity contribution in [2.24, 2.45) is 7.05 Å². The second kappa shape index (κ2) is 4.89. The van der Waals surface area contributed by atoms with Crippen LogP contribution in [0.5, 0.6) is 17.2 Å². The molecule has 0 aliphatic heterocycles. The Morgan fingerprint density at radius 1 is 1.32 bits per heavy atom. The van der Waals surface area contributed by atoms with Crippen LogP contribution in [-0.2, 0) is 7.05 Å². The van der Waals surface area contributed by atoms with Crippen molar-refractivity contribution in [1.82, 2.24) is 9.78 Å². The number of hydrogen-bond acceptors (Lipinski definition) is 5. The van der Waals surface area contributed by atoms with E-state index in [1.165, 1.54) is 18.9 Å². The molecule has 0 aliphatic carbocycles. The largest absolute Gasteiger partial charge is 0.506 e. The average Bonchev–Trinajstić information content (AvgIpc) is 2.73. The number of anilines is 1. The van der Waals surface area contributed by atoms with Crippen molar-refractivity contribution < 1.29 is 14.6 Å². The number of aryl methyl sites for hydroxylation is 1. The third kappa shape index (κ3) is 2.04. The van der Waals surface area contributed by atoms with Crippen LogP contribution in [0, 0.1) is 0 Å². The van der Waals surface area contributed by atoms with Crippen LogP contribution in [0.25, 0.3) is 11.1 Å². The minimum atomic E-state index is -0.126. The molecule has 19 heavy (non-hydrogen) atoms. The second-order valence-corrected chi connectivity index (χ2v) is 4.27. The fraction of sp³-hybridized carbons (Fsp3) is 0.250. The van der Waals surface area contributed by atoms with Gasteiger partial charge in [0.15, 0.2) is 11.5 Å². The quantitative estimate of drug-likeness (QED) is 0.901. The Balaban J connectivity index is 2.71. The Bertz CT molecular complexity index is 625. The van der Waals surface area contributed by atoms with Gasteiger partial charge >= 0.3 is 0 Å². The number of nitrogens with zero attached hydrogens (tertiary/aromatic N) is 2. The first-order valence-corrected chi connectivity index (χ1v) is 5.80. The number of phenolic OH excluding ortho intramolecular Hbond substituents is 1. The number of nitrogens with two attached hydrogens (primary N) is 1. The molecule has 0 radical (unpaired) electrons. The maximum absolute atomic E-state index is 10.2. The van der Waals surface area contributed by atoms with E-state index in [1.54, 1.807) is 19.3 Å². The molecule has 2 rings (SSSR count). The molecule has 0 aliphatic rings. The summed E-state index contributed by atoms with van der Waals surface area (Å²) < 4.78 is 11.8. The number of phenols is 1. The van der Waals surface area contributed by atoms with Crippen LogP contribution >= 0.6 is 11.6 Å². The molecule has 1 aromatic carbocycles. The minimum absolute atomic E-state index is 0.0695. The maximum atomic E-state index is 10.2. The highest BCUT2D eigenvalue weighted by atomic mass is 35.5. The van der Waals surface area contributed by atoms with Gasteiger partial charge in [0.2, 0.25) is 0 Å². The third-order valence-corrected chi connectivity index (χ3v) is 3.21. The van der Waals surface area contributed by atoms with Gasteiger partial charge in [-0.2, -0.15) is 5.10 Å². The van der Waals surface area contributed by atoms with Gasteiger partial charge in [-0.25, -0.2) is 0 Å². The number of benzene rings is 1. The van der Waals surface area contributed by atoms with Crippen molar-refractivity contribution in [2.75, 3.05) is 20.0 Å². The number of hydrogen-bond donors (Lipinski definition) is 2. The van der Waals surface area contributed by atoms with Gasteiger partial charge in [0.05, 0.1) is 20.4 Å². The summed E-state index contributed by atoms with van der Waals surface area (Å²) in [4.78, 5) is 0. The van der Waals surface area contributed by atoms with E-state index >= 15 is 0 Å². The molecule has 0 atom stereocenters. The van der Waals surface area contributed by atoms with Gasteiger partial charge in [0, 0.05) is 18.2 Å². The highest BCUT2D eigenvalue weighted by molar-refractivity contribution is 6.34. The van der Waals surface area contributed by atoms with Gasteiger partial charge in [0.1, 0.15) is 16.6 Å². The number of halogens is 1. The van der Waals surface area contributed by atoms with Crippen LogP contribution in [0.15, 0.2) is 12.3 Å². The molecule has 6 nitrogen and oxygen atoms in total. The molecular formula is C12H14ClN3O3. The first-order chi connectivity index (χ1) is 9.01. The summed E-state index contributed by atoms with van der Waals surface area (Å²) in [5.41, 5.74) is 6.90. The summed E-state index contributed by atoms with van der Waals surface area (Å²) in [6.45, 7) is 0. The summed E-state index contributed by atoms with van der Waals surface area (Å²) in [5.74, 6) is 0.967. The van der Waals surface area contributed by atoms with Crippen molar-refractivity contribution in [1.29, 1.82) is 0 Å². The lowest BCUT2D eigenvalue weighted by atomic mass is 10.1. The van der Waals surface area contributed by atoms with Gasteiger partial charge in [-0.1, -0.05) is 11.6 Å².